The number of rotatable bonds is 4. The first-order valence-corrected chi connectivity index (χ1v) is 8.80. The number of fused-ring (bicyclic) bond motifs is 1. The quantitative estimate of drug-likeness (QED) is 0.601. The Morgan fingerprint density at radius 2 is 1.68 bits per heavy atom. The van der Waals surface area contributed by atoms with Crippen molar-refractivity contribution >= 4 is 10.8 Å². The molecule has 0 N–H and O–H groups in total. The third-order valence-corrected chi connectivity index (χ3v) is 3.96. The van der Waals surface area contributed by atoms with Crippen molar-refractivity contribution < 1.29 is 9.15 Å². The summed E-state index contributed by atoms with van der Waals surface area (Å²) in [5, 5.41) is 1.49. The molecular formula is C22H26O3. The van der Waals surface area contributed by atoms with Crippen molar-refractivity contribution in [1.82, 2.24) is 0 Å². The van der Waals surface area contributed by atoms with Gasteiger partial charge in [-0.1, -0.05) is 64.1 Å². The molecule has 0 aliphatic rings. The average Bonchev–Trinajstić information content (AvgIpc) is 2.65. The first kappa shape index (κ1) is 18.8. The van der Waals surface area contributed by atoms with Crippen LogP contribution in [0.3, 0.4) is 0 Å². The number of benzene rings is 2. The Kier molecular flexibility index (Phi) is 6.40. The molecule has 3 aromatic rings. The third-order valence-electron chi connectivity index (χ3n) is 3.96. The highest BCUT2D eigenvalue weighted by molar-refractivity contribution is 5.86. The smallest absolute Gasteiger partial charge is 0.343 e. The van der Waals surface area contributed by atoms with Crippen LogP contribution in [-0.4, -0.2) is 0 Å². The summed E-state index contributed by atoms with van der Waals surface area (Å²) in [7, 11) is 0. The first-order valence-electron chi connectivity index (χ1n) is 8.80. The van der Waals surface area contributed by atoms with Gasteiger partial charge in [-0.15, -0.1) is 0 Å². The van der Waals surface area contributed by atoms with Crippen molar-refractivity contribution in [3.05, 3.63) is 75.8 Å². The average molecular weight is 338 g/mol. The molecule has 0 aliphatic heterocycles. The zero-order valence-electron chi connectivity index (χ0n) is 15.6. The SMILES string of the molecule is CC.Cc1c(C(C)C)oc(=O)c2cc(OCc3ccccc3)ccc12. The summed E-state index contributed by atoms with van der Waals surface area (Å²) in [6, 6.07) is 15.6. The lowest BCUT2D eigenvalue weighted by atomic mass is 10.0. The van der Waals surface area contributed by atoms with Gasteiger partial charge < -0.3 is 9.15 Å². The monoisotopic (exact) mass is 338 g/mol. The molecule has 0 saturated carbocycles. The summed E-state index contributed by atoms with van der Waals surface area (Å²) in [6.07, 6.45) is 0. The molecule has 2 aromatic carbocycles. The molecule has 0 atom stereocenters. The molecule has 1 aromatic heterocycles. The normalized spacial score (nSPS) is 10.5. The van der Waals surface area contributed by atoms with Crippen molar-refractivity contribution in [2.24, 2.45) is 0 Å². The Morgan fingerprint density at radius 3 is 2.32 bits per heavy atom. The molecule has 132 valence electrons. The summed E-state index contributed by atoms with van der Waals surface area (Å²) in [5.74, 6) is 1.60. The third kappa shape index (κ3) is 4.30. The zero-order valence-corrected chi connectivity index (χ0v) is 15.6. The van der Waals surface area contributed by atoms with Crippen LogP contribution in [0, 0.1) is 6.92 Å². The minimum Gasteiger partial charge on any atom is -0.489 e. The van der Waals surface area contributed by atoms with E-state index < -0.39 is 0 Å². The Balaban J connectivity index is 0.00000109. The second-order valence-electron chi connectivity index (χ2n) is 6.02. The van der Waals surface area contributed by atoms with Crippen molar-refractivity contribution in [3.63, 3.8) is 0 Å². The Labute approximate surface area is 149 Å². The van der Waals surface area contributed by atoms with E-state index in [4.69, 9.17) is 9.15 Å². The Hall–Kier alpha value is -2.55. The predicted octanol–water partition coefficient (Wildman–Crippen LogP) is 5.83. The van der Waals surface area contributed by atoms with Gasteiger partial charge in [0.1, 0.15) is 18.1 Å². The van der Waals surface area contributed by atoms with Crippen LogP contribution in [0.4, 0.5) is 0 Å². The lowest BCUT2D eigenvalue weighted by Gasteiger charge is -2.12. The molecule has 0 bridgehead atoms. The van der Waals surface area contributed by atoms with Gasteiger partial charge in [0.15, 0.2) is 0 Å². The molecule has 0 radical (unpaired) electrons. The van der Waals surface area contributed by atoms with Crippen LogP contribution in [0.25, 0.3) is 10.8 Å². The van der Waals surface area contributed by atoms with Gasteiger partial charge in [-0.3, -0.25) is 0 Å². The summed E-state index contributed by atoms with van der Waals surface area (Å²) >= 11 is 0. The zero-order chi connectivity index (χ0) is 18.4. The van der Waals surface area contributed by atoms with Crippen molar-refractivity contribution in [3.8, 4) is 5.75 Å². The molecule has 0 unspecified atom stereocenters. The number of hydrogen-bond donors (Lipinski definition) is 0. The second kappa shape index (κ2) is 8.52. The van der Waals surface area contributed by atoms with Crippen LogP contribution in [0.2, 0.25) is 0 Å². The molecule has 0 spiro atoms. The van der Waals surface area contributed by atoms with Crippen LogP contribution in [0.1, 0.15) is 50.5 Å². The van der Waals surface area contributed by atoms with Crippen LogP contribution in [0.15, 0.2) is 57.7 Å². The number of ether oxygens (including phenoxy) is 1. The van der Waals surface area contributed by atoms with Crippen molar-refractivity contribution in [1.29, 1.82) is 0 Å². The van der Waals surface area contributed by atoms with E-state index in [1.807, 2.05) is 77.1 Å². The van der Waals surface area contributed by atoms with Gasteiger partial charge in [-0.05, 0) is 35.6 Å². The van der Waals surface area contributed by atoms with Gasteiger partial charge in [0.25, 0.3) is 0 Å². The maximum absolute atomic E-state index is 12.3. The molecule has 25 heavy (non-hydrogen) atoms. The highest BCUT2D eigenvalue weighted by Gasteiger charge is 2.13. The molecule has 3 nitrogen and oxygen atoms in total. The van der Waals surface area contributed by atoms with E-state index in [-0.39, 0.29) is 11.5 Å². The lowest BCUT2D eigenvalue weighted by Crippen LogP contribution is -2.06. The first-order chi connectivity index (χ1) is 12.1. The summed E-state index contributed by atoms with van der Waals surface area (Å²) in [5.41, 5.74) is 1.80. The minimum atomic E-state index is -0.306. The van der Waals surface area contributed by atoms with E-state index in [0.29, 0.717) is 17.7 Å². The predicted molar refractivity (Wildman–Crippen MR) is 103 cm³/mol. The van der Waals surface area contributed by atoms with E-state index in [1.54, 1.807) is 6.07 Å². The van der Waals surface area contributed by atoms with Gasteiger partial charge in [-0.25, -0.2) is 4.79 Å². The summed E-state index contributed by atoms with van der Waals surface area (Å²) in [4.78, 5) is 12.3. The van der Waals surface area contributed by atoms with Gasteiger partial charge in [0.05, 0.1) is 5.39 Å². The summed E-state index contributed by atoms with van der Waals surface area (Å²) < 4.78 is 11.3. The minimum absolute atomic E-state index is 0.182. The molecule has 1 heterocycles. The lowest BCUT2D eigenvalue weighted by molar-refractivity contribution is 0.306. The van der Waals surface area contributed by atoms with Crippen LogP contribution in [0.5, 0.6) is 5.75 Å². The molecule has 3 rings (SSSR count). The topological polar surface area (TPSA) is 39.4 Å². The van der Waals surface area contributed by atoms with Crippen LogP contribution >= 0.6 is 0 Å². The maximum atomic E-state index is 12.3. The fourth-order valence-corrected chi connectivity index (χ4v) is 2.76. The molecule has 3 heteroatoms. The fourth-order valence-electron chi connectivity index (χ4n) is 2.76. The molecule has 0 amide bonds. The Morgan fingerprint density at radius 1 is 1.00 bits per heavy atom. The van der Waals surface area contributed by atoms with Crippen molar-refractivity contribution in [2.45, 2.75) is 47.1 Å². The fraction of sp³-hybridized carbons (Fsp3) is 0.318. The van der Waals surface area contributed by atoms with E-state index >= 15 is 0 Å². The molecule has 0 fully saturated rings. The van der Waals surface area contributed by atoms with E-state index in [2.05, 4.69) is 0 Å². The molecule has 0 aliphatic carbocycles. The van der Waals surface area contributed by atoms with Gasteiger partial charge >= 0.3 is 5.63 Å². The number of aryl methyl sites for hydroxylation is 1. The largest absolute Gasteiger partial charge is 0.489 e. The van der Waals surface area contributed by atoms with E-state index in [0.717, 1.165) is 22.3 Å². The highest BCUT2D eigenvalue weighted by Crippen LogP contribution is 2.27. The summed E-state index contributed by atoms with van der Waals surface area (Å²) in [6.45, 7) is 10.5. The van der Waals surface area contributed by atoms with Gasteiger partial charge in [-0.2, -0.15) is 0 Å². The maximum Gasteiger partial charge on any atom is 0.343 e. The van der Waals surface area contributed by atoms with Crippen LogP contribution < -0.4 is 10.4 Å². The van der Waals surface area contributed by atoms with E-state index in [1.165, 1.54) is 0 Å². The van der Waals surface area contributed by atoms with E-state index in [9.17, 15) is 4.79 Å². The highest BCUT2D eigenvalue weighted by atomic mass is 16.5. The standard InChI is InChI=1S/C20H20O3.C2H6/c1-13(2)19-14(3)17-10-9-16(11-18(17)20(21)23-19)22-12-15-7-5-4-6-8-15;1-2/h4-11,13H,12H2,1-3H3;1-2H3. The van der Waals surface area contributed by atoms with Crippen LogP contribution in [-0.2, 0) is 6.61 Å². The molecule has 0 saturated heterocycles. The van der Waals surface area contributed by atoms with Crippen molar-refractivity contribution in [2.75, 3.05) is 0 Å². The van der Waals surface area contributed by atoms with Gasteiger partial charge in [0, 0.05) is 5.92 Å². The molecular weight excluding hydrogens is 312 g/mol. The second-order valence-corrected chi connectivity index (χ2v) is 6.02. The number of hydrogen-bond acceptors (Lipinski definition) is 3. The Bertz CT molecular complexity index is 877. The van der Waals surface area contributed by atoms with Gasteiger partial charge in [0.2, 0.25) is 0 Å².